The summed E-state index contributed by atoms with van der Waals surface area (Å²) in [6.07, 6.45) is 0. The summed E-state index contributed by atoms with van der Waals surface area (Å²) in [4.78, 5) is 12.0. The molecule has 0 bridgehead atoms. The van der Waals surface area contributed by atoms with Crippen molar-refractivity contribution < 1.29 is 13.7 Å². The Morgan fingerprint density at radius 3 is 2.67 bits per heavy atom. The number of nitrogens with zero attached hydrogens (tertiary/aromatic N) is 1. The Kier molecular flexibility index (Phi) is 4.70. The summed E-state index contributed by atoms with van der Waals surface area (Å²) in [7, 11) is 0. The summed E-state index contributed by atoms with van der Waals surface area (Å²) in [5, 5.41) is 9.35. The van der Waals surface area contributed by atoms with E-state index in [2.05, 4.69) is 15.8 Å². The number of carbonyl (C=O) groups is 1. The highest BCUT2D eigenvalue weighted by Crippen LogP contribution is 2.17. The Labute approximate surface area is 122 Å². The second-order valence-corrected chi connectivity index (χ2v) is 4.95. The summed E-state index contributed by atoms with van der Waals surface area (Å²) in [5.41, 5.74) is 1.21. The van der Waals surface area contributed by atoms with Crippen LogP contribution in [-0.2, 0) is 4.79 Å². The molecule has 2 N–H and O–H groups in total. The van der Waals surface area contributed by atoms with Crippen molar-refractivity contribution in [3.63, 3.8) is 0 Å². The lowest BCUT2D eigenvalue weighted by Crippen LogP contribution is -2.39. The second kappa shape index (κ2) is 6.49. The topological polar surface area (TPSA) is 67.2 Å². The van der Waals surface area contributed by atoms with Crippen molar-refractivity contribution in [3.05, 3.63) is 47.4 Å². The van der Waals surface area contributed by atoms with Gasteiger partial charge in [-0.25, -0.2) is 4.39 Å². The molecule has 0 saturated heterocycles. The van der Waals surface area contributed by atoms with Gasteiger partial charge in [0.25, 0.3) is 0 Å². The van der Waals surface area contributed by atoms with Crippen LogP contribution in [0.5, 0.6) is 0 Å². The maximum absolute atomic E-state index is 13.7. The summed E-state index contributed by atoms with van der Waals surface area (Å²) in [6, 6.07) is 7.32. The van der Waals surface area contributed by atoms with Gasteiger partial charge < -0.3 is 4.52 Å². The van der Waals surface area contributed by atoms with E-state index in [-0.39, 0.29) is 17.8 Å². The zero-order chi connectivity index (χ0) is 15.4. The van der Waals surface area contributed by atoms with Gasteiger partial charge in [-0.3, -0.25) is 15.4 Å². The molecule has 2 atom stereocenters. The van der Waals surface area contributed by atoms with E-state index < -0.39 is 6.04 Å². The largest absolute Gasteiger partial charge is 0.338 e. The first-order valence-corrected chi connectivity index (χ1v) is 6.72. The number of halogens is 1. The number of hydrogen-bond donors (Lipinski definition) is 2. The number of amides is 1. The molecule has 5 nitrogen and oxygen atoms in total. The molecule has 0 fully saturated rings. The highest BCUT2D eigenvalue weighted by molar-refractivity contribution is 5.93. The first-order valence-electron chi connectivity index (χ1n) is 6.72. The molecule has 0 spiro atoms. The maximum atomic E-state index is 13.7. The van der Waals surface area contributed by atoms with Gasteiger partial charge >= 0.3 is 0 Å². The fourth-order valence-corrected chi connectivity index (χ4v) is 2.02. The fourth-order valence-electron chi connectivity index (χ4n) is 2.02. The van der Waals surface area contributed by atoms with Crippen molar-refractivity contribution in [2.24, 2.45) is 0 Å². The Bertz CT molecular complexity index is 627. The van der Waals surface area contributed by atoms with Crippen LogP contribution in [0, 0.1) is 12.7 Å². The van der Waals surface area contributed by atoms with E-state index in [1.807, 2.05) is 0 Å². The van der Waals surface area contributed by atoms with Crippen LogP contribution in [0.3, 0.4) is 0 Å². The average Bonchev–Trinajstić information content (AvgIpc) is 2.84. The minimum atomic E-state index is -0.509. The van der Waals surface area contributed by atoms with Crippen molar-refractivity contribution in [2.45, 2.75) is 32.9 Å². The molecule has 1 amide bonds. The molecule has 112 valence electrons. The molecule has 0 aliphatic heterocycles. The van der Waals surface area contributed by atoms with Crippen molar-refractivity contribution >= 4 is 11.8 Å². The molecule has 0 saturated carbocycles. The molecule has 1 aromatic carbocycles. The maximum Gasteiger partial charge on any atom is 0.243 e. The van der Waals surface area contributed by atoms with Gasteiger partial charge in [0.2, 0.25) is 11.8 Å². The van der Waals surface area contributed by atoms with Crippen LogP contribution in [0.1, 0.15) is 31.1 Å². The standard InChI is InChI=1S/C15H18FN3O2/c1-9-8-14(21-19-9)18-15(20)11(3)17-10(2)12-6-4-5-7-13(12)16/h4-8,10-11,17H,1-3H3,(H,18,20)/t10-,11+/m1/s1. The van der Waals surface area contributed by atoms with Gasteiger partial charge in [-0.15, -0.1) is 0 Å². The van der Waals surface area contributed by atoms with Crippen molar-refractivity contribution in [1.82, 2.24) is 10.5 Å². The highest BCUT2D eigenvalue weighted by Gasteiger charge is 2.19. The number of aromatic nitrogens is 1. The minimum absolute atomic E-state index is 0.269. The number of benzene rings is 1. The number of rotatable bonds is 5. The lowest BCUT2D eigenvalue weighted by Gasteiger charge is -2.19. The Morgan fingerprint density at radius 1 is 1.33 bits per heavy atom. The van der Waals surface area contributed by atoms with Gasteiger partial charge in [-0.05, 0) is 26.8 Å². The SMILES string of the molecule is Cc1cc(NC(=O)[C@H](C)N[C@H](C)c2ccccc2F)on1. The van der Waals surface area contributed by atoms with Crippen LogP contribution >= 0.6 is 0 Å². The van der Waals surface area contributed by atoms with Gasteiger partial charge in [0, 0.05) is 17.7 Å². The zero-order valence-electron chi connectivity index (χ0n) is 12.2. The van der Waals surface area contributed by atoms with E-state index in [1.54, 1.807) is 45.0 Å². The number of nitrogens with one attached hydrogen (secondary N) is 2. The Balaban J connectivity index is 1.96. The Hall–Kier alpha value is -2.21. The molecule has 1 aromatic heterocycles. The minimum Gasteiger partial charge on any atom is -0.338 e. The number of carbonyl (C=O) groups excluding carboxylic acids is 1. The smallest absolute Gasteiger partial charge is 0.243 e. The van der Waals surface area contributed by atoms with Crippen LogP contribution in [0.4, 0.5) is 10.3 Å². The first-order chi connectivity index (χ1) is 9.97. The predicted octanol–water partition coefficient (Wildman–Crippen LogP) is 2.80. The van der Waals surface area contributed by atoms with Gasteiger partial charge in [0.1, 0.15) is 5.82 Å². The molecule has 21 heavy (non-hydrogen) atoms. The van der Waals surface area contributed by atoms with Crippen molar-refractivity contribution in [1.29, 1.82) is 0 Å². The van der Waals surface area contributed by atoms with E-state index in [0.29, 0.717) is 17.1 Å². The Morgan fingerprint density at radius 2 is 2.05 bits per heavy atom. The number of anilines is 1. The predicted molar refractivity (Wildman–Crippen MR) is 77.3 cm³/mol. The lowest BCUT2D eigenvalue weighted by molar-refractivity contribution is -0.118. The van der Waals surface area contributed by atoms with Crippen LogP contribution in [0.25, 0.3) is 0 Å². The van der Waals surface area contributed by atoms with Gasteiger partial charge in [-0.2, -0.15) is 0 Å². The third-order valence-electron chi connectivity index (χ3n) is 3.14. The van der Waals surface area contributed by atoms with Gasteiger partial charge in [-0.1, -0.05) is 23.4 Å². The molecule has 1 heterocycles. The molecule has 0 aliphatic carbocycles. The monoisotopic (exact) mass is 291 g/mol. The van der Waals surface area contributed by atoms with E-state index in [9.17, 15) is 9.18 Å². The first kappa shape index (κ1) is 15.2. The molecular weight excluding hydrogens is 273 g/mol. The van der Waals surface area contributed by atoms with Crippen molar-refractivity contribution in [3.8, 4) is 0 Å². The summed E-state index contributed by atoms with van der Waals surface area (Å²) in [5.74, 6) is -0.269. The highest BCUT2D eigenvalue weighted by atomic mass is 19.1. The molecule has 0 unspecified atom stereocenters. The lowest BCUT2D eigenvalue weighted by atomic mass is 10.1. The zero-order valence-corrected chi connectivity index (χ0v) is 12.2. The number of aryl methyl sites for hydroxylation is 1. The van der Waals surface area contributed by atoms with Gasteiger partial charge in [0.15, 0.2) is 0 Å². The molecule has 0 radical (unpaired) electrons. The molecular formula is C15H18FN3O2. The molecule has 2 aromatic rings. The summed E-state index contributed by atoms with van der Waals surface area (Å²) >= 11 is 0. The van der Waals surface area contributed by atoms with E-state index in [0.717, 1.165) is 0 Å². The third kappa shape index (κ3) is 3.88. The molecule has 6 heteroatoms. The van der Waals surface area contributed by atoms with Crippen LogP contribution in [0.15, 0.2) is 34.9 Å². The van der Waals surface area contributed by atoms with Crippen LogP contribution in [0.2, 0.25) is 0 Å². The van der Waals surface area contributed by atoms with E-state index >= 15 is 0 Å². The van der Waals surface area contributed by atoms with Crippen molar-refractivity contribution in [2.75, 3.05) is 5.32 Å². The second-order valence-electron chi connectivity index (χ2n) is 4.95. The van der Waals surface area contributed by atoms with E-state index in [4.69, 9.17) is 4.52 Å². The summed E-state index contributed by atoms with van der Waals surface area (Å²) < 4.78 is 18.6. The summed E-state index contributed by atoms with van der Waals surface area (Å²) in [6.45, 7) is 5.28. The third-order valence-corrected chi connectivity index (χ3v) is 3.14. The normalized spacial score (nSPS) is 13.7. The number of hydrogen-bond acceptors (Lipinski definition) is 4. The molecule has 0 aliphatic rings. The quantitative estimate of drug-likeness (QED) is 0.889. The average molecular weight is 291 g/mol. The van der Waals surface area contributed by atoms with Crippen LogP contribution < -0.4 is 10.6 Å². The van der Waals surface area contributed by atoms with E-state index in [1.165, 1.54) is 6.07 Å². The molecule has 2 rings (SSSR count). The van der Waals surface area contributed by atoms with Crippen LogP contribution in [-0.4, -0.2) is 17.1 Å². The fraction of sp³-hybridized carbons (Fsp3) is 0.333. The van der Waals surface area contributed by atoms with Gasteiger partial charge in [0.05, 0.1) is 11.7 Å².